The van der Waals surface area contributed by atoms with Crippen LogP contribution in [0, 0.1) is 11.3 Å². The molecule has 1 saturated carbocycles. The van der Waals surface area contributed by atoms with Gasteiger partial charge < -0.3 is 9.47 Å². The van der Waals surface area contributed by atoms with Crippen molar-refractivity contribution < 1.29 is 9.47 Å². The lowest BCUT2D eigenvalue weighted by atomic mass is 9.68. The Balaban J connectivity index is 1.60. The van der Waals surface area contributed by atoms with Crippen LogP contribution in [-0.2, 0) is 9.47 Å². The van der Waals surface area contributed by atoms with Gasteiger partial charge in [-0.15, -0.1) is 0 Å². The van der Waals surface area contributed by atoms with Crippen LogP contribution in [0.1, 0.15) is 39.5 Å². The molecule has 4 nitrogen and oxygen atoms in total. The third kappa shape index (κ3) is 2.66. The van der Waals surface area contributed by atoms with Crippen LogP contribution in [0.3, 0.4) is 0 Å². The molecule has 0 spiro atoms. The molecule has 2 heterocycles. The van der Waals surface area contributed by atoms with Crippen LogP contribution in [0.25, 0.3) is 16.9 Å². The van der Waals surface area contributed by atoms with E-state index in [0.717, 1.165) is 17.5 Å². The number of imidazole rings is 1. The molecule has 24 heavy (non-hydrogen) atoms. The van der Waals surface area contributed by atoms with Gasteiger partial charge in [-0.3, -0.25) is 4.57 Å². The van der Waals surface area contributed by atoms with Crippen molar-refractivity contribution in [1.29, 1.82) is 0 Å². The standard InChI is InChI=1S/C18H20Cl2N2O2/c1-18(2)6-4-3-5-11(18)17-23-9-16(24-17)22-10-21-14-7-12(19)13(20)8-15(14)22/h7-11,17H,3-6H2,1-2H3. The Labute approximate surface area is 151 Å². The van der Waals surface area contributed by atoms with E-state index in [9.17, 15) is 0 Å². The lowest BCUT2D eigenvalue weighted by Gasteiger charge is -2.40. The summed E-state index contributed by atoms with van der Waals surface area (Å²) in [6, 6.07) is 3.56. The Kier molecular flexibility index (Phi) is 3.92. The number of ether oxygens (including phenoxy) is 2. The molecule has 1 aliphatic carbocycles. The van der Waals surface area contributed by atoms with E-state index in [1.807, 2.05) is 4.57 Å². The molecule has 2 atom stereocenters. The van der Waals surface area contributed by atoms with Crippen LogP contribution in [-0.4, -0.2) is 15.8 Å². The largest absolute Gasteiger partial charge is 0.457 e. The van der Waals surface area contributed by atoms with Crippen molar-refractivity contribution >= 4 is 40.1 Å². The molecule has 1 aliphatic heterocycles. The maximum atomic E-state index is 6.15. The Morgan fingerprint density at radius 2 is 2.00 bits per heavy atom. The van der Waals surface area contributed by atoms with Gasteiger partial charge in [-0.1, -0.05) is 49.9 Å². The first-order valence-corrected chi connectivity index (χ1v) is 9.06. The first-order valence-electron chi connectivity index (χ1n) is 8.30. The highest BCUT2D eigenvalue weighted by molar-refractivity contribution is 6.42. The Hall–Kier alpha value is -1.39. The maximum Gasteiger partial charge on any atom is 0.245 e. The molecule has 1 aromatic carbocycles. The van der Waals surface area contributed by atoms with Crippen molar-refractivity contribution in [2.75, 3.05) is 0 Å². The lowest BCUT2D eigenvalue weighted by Crippen LogP contribution is -2.37. The van der Waals surface area contributed by atoms with Gasteiger partial charge in [0.1, 0.15) is 12.6 Å². The Bertz CT molecular complexity index is 813. The zero-order chi connectivity index (χ0) is 16.9. The molecule has 0 bridgehead atoms. The molecule has 2 unspecified atom stereocenters. The summed E-state index contributed by atoms with van der Waals surface area (Å²) in [6.45, 7) is 4.60. The highest BCUT2D eigenvalue weighted by Crippen LogP contribution is 2.45. The third-order valence-corrected chi connectivity index (χ3v) is 6.01. The maximum absolute atomic E-state index is 6.15. The van der Waals surface area contributed by atoms with Gasteiger partial charge in [-0.2, -0.15) is 0 Å². The van der Waals surface area contributed by atoms with Crippen LogP contribution in [0.15, 0.2) is 24.7 Å². The molecule has 1 fully saturated rings. The van der Waals surface area contributed by atoms with E-state index in [1.165, 1.54) is 19.3 Å². The van der Waals surface area contributed by atoms with Crippen molar-refractivity contribution in [3.05, 3.63) is 34.8 Å². The normalized spacial score (nSPS) is 26.1. The Morgan fingerprint density at radius 3 is 2.79 bits per heavy atom. The van der Waals surface area contributed by atoms with Crippen molar-refractivity contribution in [1.82, 2.24) is 9.55 Å². The van der Waals surface area contributed by atoms with Gasteiger partial charge in [0.15, 0.2) is 0 Å². The van der Waals surface area contributed by atoms with Crippen molar-refractivity contribution in [2.24, 2.45) is 11.3 Å². The molecule has 0 N–H and O–H groups in total. The molecular formula is C18H20Cl2N2O2. The number of nitrogens with zero attached hydrogens (tertiary/aromatic N) is 2. The molecule has 0 amide bonds. The van der Waals surface area contributed by atoms with Crippen LogP contribution in [0.2, 0.25) is 10.0 Å². The summed E-state index contributed by atoms with van der Waals surface area (Å²) in [5.41, 5.74) is 1.85. The van der Waals surface area contributed by atoms with Crippen LogP contribution >= 0.6 is 23.2 Å². The molecule has 0 radical (unpaired) electrons. The fraction of sp³-hybridized carbons (Fsp3) is 0.500. The third-order valence-electron chi connectivity index (χ3n) is 5.29. The fourth-order valence-corrected chi connectivity index (χ4v) is 4.11. The number of fused-ring (bicyclic) bond motifs is 1. The number of hydrogen-bond acceptors (Lipinski definition) is 3. The second kappa shape index (κ2) is 5.85. The second-order valence-corrected chi connectivity index (χ2v) is 8.10. The van der Waals surface area contributed by atoms with Crippen LogP contribution in [0.5, 0.6) is 0 Å². The molecule has 6 heteroatoms. The minimum Gasteiger partial charge on any atom is -0.457 e. The fourth-order valence-electron chi connectivity index (χ4n) is 3.80. The topological polar surface area (TPSA) is 36.3 Å². The zero-order valence-electron chi connectivity index (χ0n) is 13.8. The second-order valence-electron chi connectivity index (χ2n) is 7.29. The molecule has 0 saturated heterocycles. The molecule has 128 valence electrons. The molecule has 4 rings (SSSR count). The molecule has 1 aromatic heterocycles. The summed E-state index contributed by atoms with van der Waals surface area (Å²) >= 11 is 12.2. The van der Waals surface area contributed by atoms with E-state index in [2.05, 4.69) is 18.8 Å². The van der Waals surface area contributed by atoms with Crippen molar-refractivity contribution in [2.45, 2.75) is 45.8 Å². The van der Waals surface area contributed by atoms with Gasteiger partial charge in [0.05, 0.1) is 21.1 Å². The SMILES string of the molecule is CC1(C)CCCCC1C1OC=C(n2cnc3cc(Cl)c(Cl)cc32)O1. The number of rotatable bonds is 2. The monoisotopic (exact) mass is 366 g/mol. The van der Waals surface area contributed by atoms with E-state index < -0.39 is 0 Å². The summed E-state index contributed by atoms with van der Waals surface area (Å²) < 4.78 is 13.9. The van der Waals surface area contributed by atoms with E-state index in [0.29, 0.717) is 21.8 Å². The van der Waals surface area contributed by atoms with Gasteiger partial charge in [-0.05, 0) is 30.4 Å². The van der Waals surface area contributed by atoms with E-state index in [1.54, 1.807) is 24.7 Å². The number of benzene rings is 1. The highest BCUT2D eigenvalue weighted by atomic mass is 35.5. The number of aromatic nitrogens is 2. The summed E-state index contributed by atoms with van der Waals surface area (Å²) in [4.78, 5) is 4.37. The van der Waals surface area contributed by atoms with Gasteiger partial charge in [0.25, 0.3) is 0 Å². The van der Waals surface area contributed by atoms with E-state index >= 15 is 0 Å². The van der Waals surface area contributed by atoms with Crippen LogP contribution < -0.4 is 0 Å². The van der Waals surface area contributed by atoms with Gasteiger partial charge >= 0.3 is 0 Å². The van der Waals surface area contributed by atoms with Crippen molar-refractivity contribution in [3.63, 3.8) is 0 Å². The zero-order valence-corrected chi connectivity index (χ0v) is 15.3. The van der Waals surface area contributed by atoms with Gasteiger partial charge in [-0.25, -0.2) is 4.98 Å². The number of halogens is 2. The predicted octanol–water partition coefficient (Wildman–Crippen LogP) is 5.69. The average molecular weight is 367 g/mol. The van der Waals surface area contributed by atoms with Crippen molar-refractivity contribution in [3.8, 4) is 0 Å². The average Bonchev–Trinajstić information content (AvgIpc) is 3.14. The number of hydrogen-bond donors (Lipinski definition) is 0. The highest BCUT2D eigenvalue weighted by Gasteiger charge is 2.42. The van der Waals surface area contributed by atoms with E-state index in [-0.39, 0.29) is 11.7 Å². The quantitative estimate of drug-likeness (QED) is 0.684. The summed E-state index contributed by atoms with van der Waals surface area (Å²) in [5.74, 6) is 1.02. The molecule has 2 aromatic rings. The predicted molar refractivity (Wildman–Crippen MR) is 95.7 cm³/mol. The minimum atomic E-state index is -0.240. The summed E-state index contributed by atoms with van der Waals surface area (Å²) in [5, 5.41) is 0.990. The Morgan fingerprint density at radius 1 is 1.21 bits per heavy atom. The summed E-state index contributed by atoms with van der Waals surface area (Å²) in [6.07, 6.45) is 8.00. The van der Waals surface area contributed by atoms with Gasteiger partial charge in [0, 0.05) is 5.92 Å². The lowest BCUT2D eigenvalue weighted by molar-refractivity contribution is -0.111. The van der Waals surface area contributed by atoms with Crippen LogP contribution in [0.4, 0.5) is 0 Å². The first kappa shape index (κ1) is 16.1. The first-order chi connectivity index (χ1) is 11.5. The minimum absolute atomic E-state index is 0.222. The molecule has 2 aliphatic rings. The smallest absolute Gasteiger partial charge is 0.245 e. The van der Waals surface area contributed by atoms with Gasteiger partial charge in [0.2, 0.25) is 12.2 Å². The summed E-state index contributed by atoms with van der Waals surface area (Å²) in [7, 11) is 0. The van der Waals surface area contributed by atoms with E-state index in [4.69, 9.17) is 32.7 Å². The molecular weight excluding hydrogens is 347 g/mol.